The molecule has 21 heavy (non-hydrogen) atoms. The van der Waals surface area contributed by atoms with E-state index in [0.717, 1.165) is 5.56 Å². The zero-order chi connectivity index (χ0) is 15.2. The monoisotopic (exact) mass is 291 g/mol. The fourth-order valence-corrected chi connectivity index (χ4v) is 2.47. The summed E-state index contributed by atoms with van der Waals surface area (Å²) in [6.07, 6.45) is 4.66. The second-order valence-corrected chi connectivity index (χ2v) is 5.29. The van der Waals surface area contributed by atoms with Gasteiger partial charge in [-0.15, -0.1) is 0 Å². The van der Waals surface area contributed by atoms with Gasteiger partial charge in [0, 0.05) is 45.0 Å². The highest BCUT2D eigenvalue weighted by Gasteiger charge is 2.26. The number of rotatable bonds is 5. The Balaban J connectivity index is 1.77. The van der Waals surface area contributed by atoms with E-state index in [9.17, 15) is 9.59 Å². The van der Waals surface area contributed by atoms with E-state index in [-0.39, 0.29) is 5.91 Å². The predicted octanol–water partition coefficient (Wildman–Crippen LogP) is 0.631. The smallest absolute Gasteiger partial charge is 0.320 e. The number of aliphatic carboxylic acids is 1. The van der Waals surface area contributed by atoms with Crippen molar-refractivity contribution in [2.24, 2.45) is 0 Å². The Morgan fingerprint density at radius 1 is 1.24 bits per heavy atom. The van der Waals surface area contributed by atoms with Gasteiger partial charge in [0.1, 0.15) is 6.04 Å². The van der Waals surface area contributed by atoms with Crippen molar-refractivity contribution in [2.45, 2.75) is 25.8 Å². The number of aryl methyl sites for hydroxylation is 1. The Bertz CT molecular complexity index is 484. The van der Waals surface area contributed by atoms with E-state index in [1.54, 1.807) is 19.3 Å². The van der Waals surface area contributed by atoms with Crippen LogP contribution in [0.15, 0.2) is 24.5 Å². The molecule has 1 unspecified atom stereocenters. The number of amides is 1. The number of nitrogens with zero attached hydrogens (tertiary/aromatic N) is 3. The van der Waals surface area contributed by atoms with Gasteiger partial charge in [0.25, 0.3) is 0 Å². The molecule has 1 saturated heterocycles. The summed E-state index contributed by atoms with van der Waals surface area (Å²) >= 11 is 0. The van der Waals surface area contributed by atoms with Gasteiger partial charge in [-0.25, -0.2) is 0 Å². The van der Waals surface area contributed by atoms with Crippen LogP contribution in [0.3, 0.4) is 0 Å². The predicted molar refractivity (Wildman–Crippen MR) is 77.8 cm³/mol. The maximum absolute atomic E-state index is 12.2. The van der Waals surface area contributed by atoms with Crippen molar-refractivity contribution in [3.05, 3.63) is 30.1 Å². The SMILES string of the molecule is CC(C(=O)O)N1CCN(C(=O)CCc2ccncc2)CC1. The molecule has 1 N–H and O–H groups in total. The molecule has 2 heterocycles. The van der Waals surface area contributed by atoms with Crippen molar-refractivity contribution in [1.29, 1.82) is 0 Å². The molecule has 6 nitrogen and oxygen atoms in total. The largest absolute Gasteiger partial charge is 0.480 e. The first-order chi connectivity index (χ1) is 10.1. The van der Waals surface area contributed by atoms with Gasteiger partial charge < -0.3 is 10.0 Å². The highest BCUT2D eigenvalue weighted by atomic mass is 16.4. The molecule has 1 fully saturated rings. The normalized spacial score (nSPS) is 17.5. The molecule has 0 aromatic carbocycles. The lowest BCUT2D eigenvalue weighted by molar-refractivity contribution is -0.144. The van der Waals surface area contributed by atoms with E-state index in [1.807, 2.05) is 21.9 Å². The summed E-state index contributed by atoms with van der Waals surface area (Å²) < 4.78 is 0. The van der Waals surface area contributed by atoms with Crippen LogP contribution in [0, 0.1) is 0 Å². The summed E-state index contributed by atoms with van der Waals surface area (Å²) in [4.78, 5) is 30.8. The summed E-state index contributed by atoms with van der Waals surface area (Å²) in [5, 5.41) is 8.99. The molecule has 2 rings (SSSR count). The van der Waals surface area contributed by atoms with Gasteiger partial charge >= 0.3 is 5.97 Å². The first kappa shape index (κ1) is 15.4. The van der Waals surface area contributed by atoms with Crippen LogP contribution in [0.4, 0.5) is 0 Å². The van der Waals surface area contributed by atoms with E-state index in [0.29, 0.717) is 39.0 Å². The van der Waals surface area contributed by atoms with E-state index < -0.39 is 12.0 Å². The zero-order valence-electron chi connectivity index (χ0n) is 12.2. The Hall–Kier alpha value is -1.95. The number of pyridine rings is 1. The molecule has 1 aromatic heterocycles. The van der Waals surface area contributed by atoms with Crippen LogP contribution < -0.4 is 0 Å². The molecule has 1 atom stereocenters. The summed E-state index contributed by atoms with van der Waals surface area (Å²) in [6, 6.07) is 3.35. The maximum atomic E-state index is 12.2. The molecular weight excluding hydrogens is 270 g/mol. The highest BCUT2D eigenvalue weighted by Crippen LogP contribution is 2.09. The molecule has 1 aliphatic heterocycles. The lowest BCUT2D eigenvalue weighted by Crippen LogP contribution is -2.53. The number of carbonyl (C=O) groups excluding carboxylic acids is 1. The van der Waals surface area contributed by atoms with E-state index in [2.05, 4.69) is 4.98 Å². The molecule has 0 saturated carbocycles. The van der Waals surface area contributed by atoms with Gasteiger partial charge in [0.2, 0.25) is 5.91 Å². The zero-order valence-corrected chi connectivity index (χ0v) is 12.2. The number of piperazine rings is 1. The van der Waals surface area contributed by atoms with Gasteiger partial charge in [0.05, 0.1) is 0 Å². The van der Waals surface area contributed by atoms with Gasteiger partial charge in [-0.05, 0) is 31.0 Å². The van der Waals surface area contributed by atoms with Crippen LogP contribution in [-0.2, 0) is 16.0 Å². The Kier molecular flexibility index (Phi) is 5.27. The van der Waals surface area contributed by atoms with E-state index in [1.165, 1.54) is 0 Å². The van der Waals surface area contributed by atoms with Crippen LogP contribution in [-0.4, -0.2) is 64.0 Å². The summed E-state index contributed by atoms with van der Waals surface area (Å²) in [7, 11) is 0. The lowest BCUT2D eigenvalue weighted by Gasteiger charge is -2.36. The highest BCUT2D eigenvalue weighted by molar-refractivity contribution is 5.76. The summed E-state index contributed by atoms with van der Waals surface area (Å²) in [6.45, 7) is 4.13. The number of carboxylic acids is 1. The average Bonchev–Trinajstić information content (AvgIpc) is 2.53. The Morgan fingerprint density at radius 3 is 2.43 bits per heavy atom. The second kappa shape index (κ2) is 7.17. The van der Waals surface area contributed by atoms with Crippen LogP contribution in [0.25, 0.3) is 0 Å². The molecule has 1 aromatic rings. The molecule has 0 bridgehead atoms. The summed E-state index contributed by atoms with van der Waals surface area (Å²) in [5.74, 6) is -0.679. The van der Waals surface area contributed by atoms with Gasteiger partial charge in [-0.1, -0.05) is 0 Å². The van der Waals surface area contributed by atoms with Gasteiger partial charge in [-0.3, -0.25) is 19.5 Å². The van der Waals surface area contributed by atoms with E-state index in [4.69, 9.17) is 5.11 Å². The average molecular weight is 291 g/mol. The van der Waals surface area contributed by atoms with Crippen molar-refractivity contribution < 1.29 is 14.7 Å². The fraction of sp³-hybridized carbons (Fsp3) is 0.533. The van der Waals surface area contributed by atoms with Crippen LogP contribution >= 0.6 is 0 Å². The number of hydrogen-bond acceptors (Lipinski definition) is 4. The fourth-order valence-electron chi connectivity index (χ4n) is 2.47. The van der Waals surface area contributed by atoms with Crippen LogP contribution in [0.1, 0.15) is 18.9 Å². The van der Waals surface area contributed by atoms with Crippen LogP contribution in [0.2, 0.25) is 0 Å². The minimum absolute atomic E-state index is 0.134. The quantitative estimate of drug-likeness (QED) is 0.861. The van der Waals surface area contributed by atoms with Gasteiger partial charge in [0.15, 0.2) is 0 Å². The minimum atomic E-state index is -0.813. The second-order valence-electron chi connectivity index (χ2n) is 5.29. The minimum Gasteiger partial charge on any atom is -0.480 e. The standard InChI is InChI=1S/C15H21N3O3/c1-12(15(20)21)17-8-10-18(11-9-17)14(19)3-2-13-4-6-16-7-5-13/h4-7,12H,2-3,8-11H2,1H3,(H,20,21). The number of carboxylic acid groups (broad SMARTS) is 1. The van der Waals surface area contributed by atoms with Crippen LogP contribution in [0.5, 0.6) is 0 Å². The van der Waals surface area contributed by atoms with Crippen molar-refractivity contribution >= 4 is 11.9 Å². The number of carbonyl (C=O) groups is 2. The first-order valence-electron chi connectivity index (χ1n) is 7.21. The van der Waals surface area contributed by atoms with Crippen molar-refractivity contribution in [3.8, 4) is 0 Å². The number of aromatic nitrogens is 1. The molecule has 0 radical (unpaired) electrons. The van der Waals surface area contributed by atoms with Crippen molar-refractivity contribution in [2.75, 3.05) is 26.2 Å². The molecule has 1 aliphatic rings. The van der Waals surface area contributed by atoms with Gasteiger partial charge in [-0.2, -0.15) is 0 Å². The molecule has 0 aliphatic carbocycles. The Labute approximate surface area is 124 Å². The third kappa shape index (κ3) is 4.26. The van der Waals surface area contributed by atoms with E-state index >= 15 is 0 Å². The molecule has 1 amide bonds. The molecule has 114 valence electrons. The molecular formula is C15H21N3O3. The molecule has 0 spiro atoms. The third-order valence-corrected chi connectivity index (χ3v) is 3.95. The maximum Gasteiger partial charge on any atom is 0.320 e. The third-order valence-electron chi connectivity index (χ3n) is 3.95. The molecule has 6 heteroatoms. The summed E-state index contributed by atoms with van der Waals surface area (Å²) in [5.41, 5.74) is 1.11. The van der Waals surface area contributed by atoms with Crippen molar-refractivity contribution in [1.82, 2.24) is 14.8 Å². The number of hydrogen-bond donors (Lipinski definition) is 1. The topological polar surface area (TPSA) is 73.7 Å². The van der Waals surface area contributed by atoms with Crippen molar-refractivity contribution in [3.63, 3.8) is 0 Å². The Morgan fingerprint density at radius 2 is 1.86 bits per heavy atom. The lowest BCUT2D eigenvalue weighted by atomic mass is 10.1. The first-order valence-corrected chi connectivity index (χ1v) is 7.21.